The first-order valence-corrected chi connectivity index (χ1v) is 7.95. The quantitative estimate of drug-likeness (QED) is 0.665. The third kappa shape index (κ3) is 2.26. The van der Waals surface area contributed by atoms with Gasteiger partial charge in [-0.25, -0.2) is 0 Å². The molecule has 0 saturated carbocycles. The maximum absolute atomic E-state index is 6.43. The van der Waals surface area contributed by atoms with Crippen molar-refractivity contribution in [3.8, 4) is 5.69 Å². The number of halogens is 1. The van der Waals surface area contributed by atoms with Gasteiger partial charge in [-0.2, -0.15) is 0 Å². The van der Waals surface area contributed by atoms with Crippen molar-refractivity contribution in [1.82, 2.24) is 14.8 Å². The van der Waals surface area contributed by atoms with Crippen molar-refractivity contribution in [3.05, 3.63) is 76.3 Å². The Bertz CT molecular complexity index is 874. The lowest BCUT2D eigenvalue weighted by Crippen LogP contribution is -2.09. The molecule has 0 aliphatic carbocycles. The summed E-state index contributed by atoms with van der Waals surface area (Å²) in [5.41, 5.74) is 3.07. The fourth-order valence-corrected chi connectivity index (χ4v) is 3.35. The van der Waals surface area contributed by atoms with E-state index in [1.165, 1.54) is 0 Å². The molecule has 1 aromatic heterocycles. The van der Waals surface area contributed by atoms with Crippen molar-refractivity contribution in [2.45, 2.75) is 26.1 Å². The highest BCUT2D eigenvalue weighted by Gasteiger charge is 2.31. The van der Waals surface area contributed by atoms with Crippen LogP contribution in [0.5, 0.6) is 0 Å². The van der Waals surface area contributed by atoms with Gasteiger partial charge in [0.1, 0.15) is 18.0 Å². The molecular weight excluding hydrogens is 310 g/mol. The second-order valence-electron chi connectivity index (χ2n) is 5.68. The summed E-state index contributed by atoms with van der Waals surface area (Å²) >= 11 is 6.43. The zero-order valence-corrected chi connectivity index (χ0v) is 13.7. The van der Waals surface area contributed by atoms with Crippen LogP contribution in [0.2, 0.25) is 5.02 Å². The predicted molar refractivity (Wildman–Crippen MR) is 88.9 cm³/mol. The molecule has 4 nitrogen and oxygen atoms in total. The average molecular weight is 326 g/mol. The third-order valence-corrected chi connectivity index (χ3v) is 4.55. The Morgan fingerprint density at radius 2 is 1.70 bits per heavy atom. The van der Waals surface area contributed by atoms with Crippen LogP contribution < -0.4 is 0 Å². The summed E-state index contributed by atoms with van der Waals surface area (Å²) in [5.74, 6) is 1.66. The normalized spacial score (nSPS) is 19.8. The molecule has 0 bridgehead atoms. The predicted octanol–water partition coefficient (Wildman–Crippen LogP) is 4.41. The second-order valence-corrected chi connectivity index (χ2v) is 6.09. The monoisotopic (exact) mass is 325 g/mol. The van der Waals surface area contributed by atoms with E-state index in [0.717, 1.165) is 28.5 Å². The number of fused-ring (bicyclic) bond motifs is 3. The molecule has 116 valence electrons. The van der Waals surface area contributed by atoms with Gasteiger partial charge in [0.25, 0.3) is 0 Å². The minimum Gasteiger partial charge on any atom is -0.358 e. The van der Waals surface area contributed by atoms with Crippen LogP contribution in [0.25, 0.3) is 5.69 Å². The lowest BCUT2D eigenvalue weighted by molar-refractivity contribution is 0.0161. The minimum absolute atomic E-state index is 0.190. The molecule has 0 N–H and O–H groups in total. The van der Waals surface area contributed by atoms with Gasteiger partial charge in [0, 0.05) is 16.1 Å². The summed E-state index contributed by atoms with van der Waals surface area (Å²) in [4.78, 5) is 0. The molecule has 0 spiro atoms. The van der Waals surface area contributed by atoms with E-state index in [-0.39, 0.29) is 12.2 Å². The molecule has 2 aromatic carbocycles. The fourth-order valence-electron chi connectivity index (χ4n) is 3.12. The van der Waals surface area contributed by atoms with Crippen LogP contribution in [0.3, 0.4) is 0 Å². The first-order chi connectivity index (χ1) is 11.2. The van der Waals surface area contributed by atoms with Gasteiger partial charge in [-0.05, 0) is 26.0 Å². The highest BCUT2D eigenvalue weighted by Crippen LogP contribution is 2.41. The summed E-state index contributed by atoms with van der Waals surface area (Å²) in [6.07, 6.45) is -0.430. The molecule has 5 heteroatoms. The Hall–Kier alpha value is -2.17. The number of nitrogens with zero attached hydrogens (tertiary/aromatic N) is 3. The van der Waals surface area contributed by atoms with Crippen molar-refractivity contribution < 1.29 is 4.74 Å². The zero-order chi connectivity index (χ0) is 16.0. The van der Waals surface area contributed by atoms with Crippen molar-refractivity contribution in [2.24, 2.45) is 0 Å². The summed E-state index contributed by atoms with van der Waals surface area (Å²) in [6, 6.07) is 16.0. The molecule has 1 aliphatic heterocycles. The molecule has 3 aromatic rings. The van der Waals surface area contributed by atoms with Crippen molar-refractivity contribution in [1.29, 1.82) is 0 Å². The number of benzene rings is 2. The van der Waals surface area contributed by atoms with Gasteiger partial charge in [0.15, 0.2) is 5.82 Å². The molecule has 2 unspecified atom stereocenters. The Balaban J connectivity index is 1.98. The summed E-state index contributed by atoms with van der Waals surface area (Å²) < 4.78 is 8.40. The molecule has 4 rings (SSSR count). The van der Waals surface area contributed by atoms with Crippen LogP contribution in [-0.2, 0) is 4.74 Å². The first-order valence-electron chi connectivity index (χ1n) is 7.58. The van der Waals surface area contributed by atoms with Gasteiger partial charge in [-0.1, -0.05) is 48.0 Å². The van der Waals surface area contributed by atoms with Gasteiger partial charge < -0.3 is 4.74 Å². The minimum atomic E-state index is -0.240. The lowest BCUT2D eigenvalue weighted by Gasteiger charge is -2.21. The highest BCUT2D eigenvalue weighted by molar-refractivity contribution is 6.31. The first kappa shape index (κ1) is 14.4. The Kier molecular flexibility index (Phi) is 3.43. The molecule has 0 amide bonds. The summed E-state index contributed by atoms with van der Waals surface area (Å²) in [7, 11) is 0. The maximum Gasteiger partial charge on any atom is 0.166 e. The van der Waals surface area contributed by atoms with E-state index in [4.69, 9.17) is 16.3 Å². The molecule has 0 fully saturated rings. The number of aryl methyl sites for hydroxylation is 1. The lowest BCUT2D eigenvalue weighted by atomic mass is 9.99. The number of ether oxygens (including phenoxy) is 1. The van der Waals surface area contributed by atoms with Gasteiger partial charge in [0.05, 0.1) is 5.69 Å². The largest absolute Gasteiger partial charge is 0.358 e. The number of para-hydroxylation sites is 1. The number of hydrogen-bond acceptors (Lipinski definition) is 3. The smallest absolute Gasteiger partial charge is 0.166 e. The van der Waals surface area contributed by atoms with Crippen LogP contribution in [0.1, 0.15) is 41.9 Å². The summed E-state index contributed by atoms with van der Waals surface area (Å²) in [6.45, 7) is 3.95. The summed E-state index contributed by atoms with van der Waals surface area (Å²) in [5, 5.41) is 9.22. The molecule has 0 radical (unpaired) electrons. The molecule has 23 heavy (non-hydrogen) atoms. The zero-order valence-electron chi connectivity index (χ0n) is 12.9. The van der Waals surface area contributed by atoms with Crippen LogP contribution in [0.15, 0.2) is 48.5 Å². The van der Waals surface area contributed by atoms with Crippen LogP contribution >= 0.6 is 11.6 Å². The Labute approximate surface area is 139 Å². The van der Waals surface area contributed by atoms with Crippen molar-refractivity contribution in [3.63, 3.8) is 0 Å². The van der Waals surface area contributed by atoms with E-state index >= 15 is 0 Å². The number of aromatic nitrogens is 3. The highest BCUT2D eigenvalue weighted by atomic mass is 35.5. The molecule has 2 heterocycles. The number of hydrogen-bond donors (Lipinski definition) is 0. The van der Waals surface area contributed by atoms with E-state index in [2.05, 4.69) is 26.9 Å². The van der Waals surface area contributed by atoms with Crippen LogP contribution in [0.4, 0.5) is 0 Å². The van der Waals surface area contributed by atoms with E-state index in [1.54, 1.807) is 0 Å². The molecule has 0 saturated heterocycles. The van der Waals surface area contributed by atoms with Gasteiger partial charge in [0.2, 0.25) is 0 Å². The van der Waals surface area contributed by atoms with Crippen molar-refractivity contribution >= 4 is 11.6 Å². The SMILES string of the molecule is Cc1nnc2n1-c1ccccc1C(c1ccccc1Cl)OC2C. The third-order valence-electron chi connectivity index (χ3n) is 4.20. The molecule has 1 aliphatic rings. The fraction of sp³-hybridized carbons (Fsp3) is 0.222. The van der Waals surface area contributed by atoms with E-state index in [0.29, 0.717) is 5.02 Å². The van der Waals surface area contributed by atoms with Crippen molar-refractivity contribution in [2.75, 3.05) is 0 Å². The molecular formula is C18H16ClN3O. The van der Waals surface area contributed by atoms with Gasteiger partial charge >= 0.3 is 0 Å². The Morgan fingerprint density at radius 1 is 1.00 bits per heavy atom. The van der Waals surface area contributed by atoms with E-state index in [9.17, 15) is 0 Å². The van der Waals surface area contributed by atoms with E-state index in [1.807, 2.05) is 50.2 Å². The Morgan fingerprint density at radius 3 is 2.48 bits per heavy atom. The molecule has 2 atom stereocenters. The standard InChI is InChI=1S/C18H16ClN3O/c1-11-18-21-20-12(2)22(18)16-10-6-4-8-14(16)17(23-11)13-7-3-5-9-15(13)19/h3-11,17H,1-2H3. The van der Waals surface area contributed by atoms with Gasteiger partial charge in [-0.15, -0.1) is 10.2 Å². The van der Waals surface area contributed by atoms with Crippen LogP contribution in [-0.4, -0.2) is 14.8 Å². The topological polar surface area (TPSA) is 39.9 Å². The van der Waals surface area contributed by atoms with E-state index < -0.39 is 0 Å². The maximum atomic E-state index is 6.43. The average Bonchev–Trinajstić information content (AvgIpc) is 2.89. The number of rotatable bonds is 1. The van der Waals surface area contributed by atoms with Crippen LogP contribution in [0, 0.1) is 6.92 Å². The second kappa shape index (κ2) is 5.48. The van der Waals surface area contributed by atoms with Gasteiger partial charge in [-0.3, -0.25) is 4.57 Å².